The molecule has 3 fully saturated rings. The number of ether oxygens (including phenoxy) is 1. The molecule has 1 saturated heterocycles. The number of hydrogen-bond acceptors (Lipinski definition) is 8. The van der Waals surface area contributed by atoms with Crippen molar-refractivity contribution in [3.63, 3.8) is 0 Å². The monoisotopic (exact) mass is 375 g/mol. The molecule has 9 nitrogen and oxygen atoms in total. The minimum Gasteiger partial charge on any atom is -0.391 e. The highest BCUT2D eigenvalue weighted by atomic mass is 16.6. The Labute approximate surface area is 156 Å². The van der Waals surface area contributed by atoms with Crippen LogP contribution in [0.25, 0.3) is 11.2 Å². The highest BCUT2D eigenvalue weighted by Crippen LogP contribution is 2.48. The first-order valence-electron chi connectivity index (χ1n) is 9.68. The van der Waals surface area contributed by atoms with Crippen LogP contribution in [0.1, 0.15) is 38.8 Å². The third-order valence-electron chi connectivity index (χ3n) is 6.50. The third-order valence-corrected chi connectivity index (χ3v) is 6.50. The molecule has 2 aliphatic carbocycles. The number of fused-ring (bicyclic) bond motifs is 2. The summed E-state index contributed by atoms with van der Waals surface area (Å²) in [5.41, 5.74) is 1.14. The molecule has 5 rings (SSSR count). The molecule has 0 bridgehead atoms. The van der Waals surface area contributed by atoms with Gasteiger partial charge in [0, 0.05) is 6.04 Å². The first kappa shape index (κ1) is 17.3. The fraction of sp³-hybridized carbons (Fsp3) is 0.722. The second-order valence-electron chi connectivity index (χ2n) is 8.10. The Hall–Kier alpha value is -1.81. The van der Waals surface area contributed by atoms with Crippen LogP contribution in [0.4, 0.5) is 5.82 Å². The van der Waals surface area contributed by atoms with Crippen molar-refractivity contribution in [2.24, 2.45) is 11.8 Å². The van der Waals surface area contributed by atoms with Crippen LogP contribution in [0.5, 0.6) is 0 Å². The van der Waals surface area contributed by atoms with E-state index in [2.05, 4.69) is 20.3 Å². The summed E-state index contributed by atoms with van der Waals surface area (Å²) in [6.07, 6.45) is 3.10. The van der Waals surface area contributed by atoms with Gasteiger partial charge in [-0.05, 0) is 31.6 Å². The molecule has 2 aromatic heterocycles. The topological polar surface area (TPSA) is 126 Å². The maximum absolute atomic E-state index is 10.4. The van der Waals surface area contributed by atoms with Gasteiger partial charge in [0.2, 0.25) is 0 Å². The van der Waals surface area contributed by atoms with E-state index in [1.54, 1.807) is 4.57 Å². The Balaban J connectivity index is 1.42. The van der Waals surface area contributed by atoms with Crippen LogP contribution in [0.3, 0.4) is 0 Å². The number of aliphatic hydroxyl groups excluding tert-OH is 3. The van der Waals surface area contributed by atoms with E-state index in [4.69, 9.17) is 4.74 Å². The molecular formula is C18H25N5O4. The van der Waals surface area contributed by atoms with E-state index in [0.29, 0.717) is 23.0 Å². The zero-order valence-corrected chi connectivity index (χ0v) is 15.1. The molecule has 8 atom stereocenters. The van der Waals surface area contributed by atoms with Gasteiger partial charge in [0.05, 0.1) is 12.4 Å². The van der Waals surface area contributed by atoms with Crippen molar-refractivity contribution in [1.82, 2.24) is 19.5 Å². The van der Waals surface area contributed by atoms with Crippen molar-refractivity contribution in [2.75, 3.05) is 5.32 Å². The summed E-state index contributed by atoms with van der Waals surface area (Å²) in [6.45, 7) is 1.52. The van der Waals surface area contributed by atoms with Crippen LogP contribution in [0.15, 0.2) is 12.7 Å². The van der Waals surface area contributed by atoms with Crippen LogP contribution >= 0.6 is 0 Å². The lowest BCUT2D eigenvalue weighted by Gasteiger charge is -2.41. The first-order chi connectivity index (χ1) is 13.0. The molecule has 4 N–H and O–H groups in total. The summed E-state index contributed by atoms with van der Waals surface area (Å²) in [7, 11) is 0. The Morgan fingerprint density at radius 1 is 1.22 bits per heavy atom. The molecule has 2 aromatic rings. The average Bonchev–Trinajstić information content (AvgIpc) is 3.30. The van der Waals surface area contributed by atoms with E-state index in [1.807, 2.05) is 0 Å². The normalized spacial score (nSPS) is 39.3. The molecule has 1 unspecified atom stereocenters. The highest BCUT2D eigenvalue weighted by Gasteiger charge is 2.47. The molecule has 3 aliphatic rings. The number of nitrogens with one attached hydrogen (secondary N) is 1. The largest absolute Gasteiger partial charge is 0.391 e. The number of anilines is 1. The van der Waals surface area contributed by atoms with Gasteiger partial charge in [0.25, 0.3) is 0 Å². The van der Waals surface area contributed by atoms with E-state index in [1.165, 1.54) is 45.3 Å². The van der Waals surface area contributed by atoms with Gasteiger partial charge >= 0.3 is 0 Å². The molecule has 27 heavy (non-hydrogen) atoms. The molecule has 2 saturated carbocycles. The molecule has 0 aromatic carbocycles. The second kappa shape index (κ2) is 6.37. The molecule has 0 amide bonds. The van der Waals surface area contributed by atoms with Crippen molar-refractivity contribution in [2.45, 2.75) is 69.3 Å². The number of imidazole rings is 1. The van der Waals surface area contributed by atoms with Crippen LogP contribution in [0.2, 0.25) is 0 Å². The van der Waals surface area contributed by atoms with Crippen molar-refractivity contribution in [1.29, 1.82) is 0 Å². The van der Waals surface area contributed by atoms with E-state index < -0.39 is 30.6 Å². The number of rotatable bonds is 4. The highest BCUT2D eigenvalue weighted by molar-refractivity contribution is 5.83. The molecule has 0 spiro atoms. The molecular weight excluding hydrogens is 350 g/mol. The van der Waals surface area contributed by atoms with Crippen molar-refractivity contribution in [3.8, 4) is 0 Å². The number of nitrogens with zero attached hydrogens (tertiary/aromatic N) is 4. The molecule has 9 heteroatoms. The fourth-order valence-corrected chi connectivity index (χ4v) is 4.99. The Bertz CT molecular complexity index is 842. The van der Waals surface area contributed by atoms with Crippen molar-refractivity contribution in [3.05, 3.63) is 12.7 Å². The maximum Gasteiger partial charge on any atom is 0.167 e. The van der Waals surface area contributed by atoms with Gasteiger partial charge < -0.3 is 25.4 Å². The van der Waals surface area contributed by atoms with Crippen LogP contribution in [-0.2, 0) is 4.74 Å². The van der Waals surface area contributed by atoms with E-state index in [-0.39, 0.29) is 0 Å². The molecule has 146 valence electrons. The summed E-state index contributed by atoms with van der Waals surface area (Å²) in [5.74, 6) is 2.26. The van der Waals surface area contributed by atoms with E-state index in [0.717, 1.165) is 11.8 Å². The minimum atomic E-state index is -1.18. The van der Waals surface area contributed by atoms with Crippen molar-refractivity contribution < 1.29 is 20.1 Å². The van der Waals surface area contributed by atoms with E-state index >= 15 is 0 Å². The summed E-state index contributed by atoms with van der Waals surface area (Å²) >= 11 is 0. The minimum absolute atomic E-state index is 0.426. The van der Waals surface area contributed by atoms with Crippen molar-refractivity contribution >= 4 is 17.0 Å². The fourth-order valence-electron chi connectivity index (χ4n) is 4.99. The van der Waals surface area contributed by atoms with Crippen LogP contribution in [0, 0.1) is 11.8 Å². The lowest BCUT2D eigenvalue weighted by Crippen LogP contribution is -2.43. The number of hydrogen-bond donors (Lipinski definition) is 4. The summed E-state index contributed by atoms with van der Waals surface area (Å²) in [5, 5.41) is 33.8. The van der Waals surface area contributed by atoms with Gasteiger partial charge in [-0.1, -0.05) is 12.8 Å². The Morgan fingerprint density at radius 3 is 2.81 bits per heavy atom. The second-order valence-corrected chi connectivity index (χ2v) is 8.10. The first-order valence-corrected chi connectivity index (χ1v) is 9.68. The molecule has 1 aliphatic heterocycles. The van der Waals surface area contributed by atoms with E-state index in [9.17, 15) is 15.3 Å². The quantitative estimate of drug-likeness (QED) is 0.606. The molecule has 3 heterocycles. The molecule has 0 radical (unpaired) electrons. The third kappa shape index (κ3) is 2.64. The van der Waals surface area contributed by atoms with Crippen LogP contribution in [-0.4, -0.2) is 65.3 Å². The van der Waals surface area contributed by atoms with Crippen LogP contribution < -0.4 is 5.32 Å². The average molecular weight is 375 g/mol. The standard InChI is InChI=1S/C18H25N5O4/c1-8(24)15-13(25)14(26)18(27-15)23-7-21-12-16(19-6-20-17(12)23)22-11-5-9-3-2-4-10(9)11/h6-11,13-15,18,24-26H,2-5H2,1H3,(H,19,20,22)/t8?,9-,10-,11+,13+,14-,15-,18-/m1/s1. The summed E-state index contributed by atoms with van der Waals surface area (Å²) < 4.78 is 7.30. The van der Waals surface area contributed by atoms with Gasteiger partial charge in [0.15, 0.2) is 23.2 Å². The lowest BCUT2D eigenvalue weighted by molar-refractivity contribution is -0.0777. The van der Waals surface area contributed by atoms with Gasteiger partial charge in [0.1, 0.15) is 24.6 Å². The number of aromatic nitrogens is 4. The number of aliphatic hydroxyl groups is 3. The maximum atomic E-state index is 10.4. The van der Waals surface area contributed by atoms with Gasteiger partial charge in [-0.3, -0.25) is 4.57 Å². The smallest absolute Gasteiger partial charge is 0.167 e. The SMILES string of the molecule is CC(O)[C@H]1O[C@@H](n2cnc3c(N[C@H]4C[C@H]5CCC[C@H]54)ncnc32)[C@H](O)[C@@H]1O. The van der Waals surface area contributed by atoms with Gasteiger partial charge in [-0.2, -0.15) is 0 Å². The zero-order chi connectivity index (χ0) is 18.7. The summed E-state index contributed by atoms with van der Waals surface area (Å²) in [6, 6.07) is 0.426. The zero-order valence-electron chi connectivity index (χ0n) is 15.1. The Morgan fingerprint density at radius 2 is 2.07 bits per heavy atom. The van der Waals surface area contributed by atoms with Gasteiger partial charge in [-0.25, -0.2) is 15.0 Å². The lowest BCUT2D eigenvalue weighted by atomic mass is 9.71. The predicted molar refractivity (Wildman–Crippen MR) is 95.8 cm³/mol. The van der Waals surface area contributed by atoms with Gasteiger partial charge in [-0.15, -0.1) is 0 Å². The Kier molecular flexibility index (Phi) is 4.08. The summed E-state index contributed by atoms with van der Waals surface area (Å²) in [4.78, 5) is 13.1. The predicted octanol–water partition coefficient (Wildman–Crippen LogP) is 0.427.